The van der Waals surface area contributed by atoms with Crippen molar-refractivity contribution in [2.45, 2.75) is 37.6 Å². The Morgan fingerprint density at radius 2 is 1.90 bits per heavy atom. The van der Waals surface area contributed by atoms with Crippen LogP contribution >= 0.6 is 0 Å². The van der Waals surface area contributed by atoms with Crippen molar-refractivity contribution >= 4 is 21.7 Å². The van der Waals surface area contributed by atoms with E-state index < -0.39 is 21.7 Å². The van der Waals surface area contributed by atoms with Gasteiger partial charge < -0.3 is 10.4 Å². The minimum Gasteiger partial charge on any atom is -0.481 e. The molecule has 0 fully saturated rings. The zero-order valence-corrected chi connectivity index (χ0v) is 12.8. The molecule has 1 rings (SSSR count). The summed E-state index contributed by atoms with van der Waals surface area (Å²) in [5.41, 5.74) is 0.0847. The van der Waals surface area contributed by atoms with Gasteiger partial charge in [0.1, 0.15) is 0 Å². The average Bonchev–Trinajstić information content (AvgIpc) is 2.45. The number of carbonyl (C=O) groups excluding carboxylic acids is 1. The predicted molar refractivity (Wildman–Crippen MR) is 78.0 cm³/mol. The van der Waals surface area contributed by atoms with Crippen molar-refractivity contribution < 1.29 is 23.1 Å². The molecule has 6 nitrogen and oxygen atoms in total. The van der Waals surface area contributed by atoms with E-state index in [-0.39, 0.29) is 35.1 Å². The smallest absolute Gasteiger partial charge is 0.303 e. The van der Waals surface area contributed by atoms with Gasteiger partial charge in [0, 0.05) is 12.5 Å². The fourth-order valence-corrected chi connectivity index (χ4v) is 2.89. The molecule has 0 saturated heterocycles. The number of carbonyl (C=O) groups is 2. The van der Waals surface area contributed by atoms with Gasteiger partial charge in [-0.3, -0.25) is 9.59 Å². The van der Waals surface area contributed by atoms with Crippen LogP contribution in [0.3, 0.4) is 0 Å². The maximum absolute atomic E-state index is 12.2. The first-order valence-corrected chi connectivity index (χ1v) is 8.27. The molecule has 7 heteroatoms. The van der Waals surface area contributed by atoms with Crippen LogP contribution in [0.2, 0.25) is 0 Å². The van der Waals surface area contributed by atoms with E-state index >= 15 is 0 Å². The molecule has 0 aliphatic rings. The monoisotopic (exact) mass is 313 g/mol. The lowest BCUT2D eigenvalue weighted by molar-refractivity contribution is -0.137. The van der Waals surface area contributed by atoms with Gasteiger partial charge in [-0.15, -0.1) is 0 Å². The van der Waals surface area contributed by atoms with Crippen LogP contribution in [0.4, 0.5) is 0 Å². The Bertz CT molecular complexity index is 624. The predicted octanol–water partition coefficient (Wildman–Crippen LogP) is 1.46. The first-order chi connectivity index (χ1) is 9.77. The molecule has 1 amide bonds. The molecule has 2 N–H and O–H groups in total. The number of amides is 1. The number of rotatable bonds is 7. The van der Waals surface area contributed by atoms with Gasteiger partial charge in [-0.2, -0.15) is 0 Å². The van der Waals surface area contributed by atoms with Crippen molar-refractivity contribution in [1.82, 2.24) is 5.32 Å². The van der Waals surface area contributed by atoms with Crippen molar-refractivity contribution in [2.24, 2.45) is 0 Å². The molecule has 0 spiro atoms. The SMILES string of the molecule is CCS(=O)(=O)c1ccccc1C(=O)NC(C)CCC(=O)O. The third kappa shape index (κ3) is 4.86. The Labute approximate surface area is 124 Å². The summed E-state index contributed by atoms with van der Waals surface area (Å²) in [7, 11) is -3.49. The first kappa shape index (κ1) is 17.2. The normalized spacial score (nSPS) is 12.7. The number of benzene rings is 1. The Balaban J connectivity index is 2.91. The summed E-state index contributed by atoms with van der Waals surface area (Å²) in [5, 5.41) is 11.2. The van der Waals surface area contributed by atoms with Crippen molar-refractivity contribution in [3.05, 3.63) is 29.8 Å². The van der Waals surface area contributed by atoms with Crippen molar-refractivity contribution in [2.75, 3.05) is 5.75 Å². The minimum absolute atomic E-state index is 0.00423. The van der Waals surface area contributed by atoms with Gasteiger partial charge in [-0.25, -0.2) is 8.42 Å². The van der Waals surface area contributed by atoms with Crippen LogP contribution in [0, 0.1) is 0 Å². The molecule has 0 aliphatic carbocycles. The van der Waals surface area contributed by atoms with Gasteiger partial charge in [0.15, 0.2) is 9.84 Å². The van der Waals surface area contributed by atoms with Gasteiger partial charge in [0.2, 0.25) is 0 Å². The van der Waals surface area contributed by atoms with Crippen LogP contribution in [0.1, 0.15) is 37.0 Å². The number of carboxylic acid groups (broad SMARTS) is 1. The third-order valence-electron chi connectivity index (χ3n) is 3.02. The van der Waals surface area contributed by atoms with Crippen LogP contribution in [0.15, 0.2) is 29.2 Å². The number of nitrogens with one attached hydrogen (secondary N) is 1. The number of sulfone groups is 1. The Morgan fingerprint density at radius 3 is 2.48 bits per heavy atom. The molecule has 0 aromatic heterocycles. The molecule has 1 unspecified atom stereocenters. The quantitative estimate of drug-likeness (QED) is 0.793. The molecule has 1 aromatic rings. The second-order valence-electron chi connectivity index (χ2n) is 4.71. The molecule has 21 heavy (non-hydrogen) atoms. The highest BCUT2D eigenvalue weighted by Crippen LogP contribution is 2.17. The van der Waals surface area contributed by atoms with Crippen LogP contribution < -0.4 is 5.32 Å². The fraction of sp³-hybridized carbons (Fsp3) is 0.429. The highest BCUT2D eigenvalue weighted by Gasteiger charge is 2.21. The van der Waals surface area contributed by atoms with Gasteiger partial charge in [0.25, 0.3) is 5.91 Å². The molecule has 0 heterocycles. The maximum atomic E-state index is 12.2. The van der Waals surface area contributed by atoms with E-state index in [2.05, 4.69) is 5.32 Å². The number of carboxylic acids is 1. The standard InChI is InChI=1S/C14H19NO5S/c1-3-21(19,20)12-7-5-4-6-11(12)14(18)15-10(2)8-9-13(16)17/h4-7,10H,3,8-9H2,1-2H3,(H,15,18)(H,16,17). The van der Waals surface area contributed by atoms with Gasteiger partial charge >= 0.3 is 5.97 Å². The lowest BCUT2D eigenvalue weighted by Crippen LogP contribution is -2.33. The molecular weight excluding hydrogens is 294 g/mol. The summed E-state index contributed by atoms with van der Waals surface area (Å²) in [5.74, 6) is -1.54. The minimum atomic E-state index is -3.49. The van der Waals surface area contributed by atoms with E-state index in [4.69, 9.17) is 5.11 Å². The molecule has 0 aliphatic heterocycles. The Morgan fingerprint density at radius 1 is 1.29 bits per heavy atom. The first-order valence-electron chi connectivity index (χ1n) is 6.62. The van der Waals surface area contributed by atoms with E-state index in [0.29, 0.717) is 0 Å². The summed E-state index contributed by atoms with van der Waals surface area (Å²) in [6, 6.07) is 5.64. The van der Waals surface area contributed by atoms with E-state index in [0.717, 1.165) is 0 Å². The van der Waals surface area contributed by atoms with Crippen molar-refractivity contribution in [3.63, 3.8) is 0 Å². The number of hydrogen-bond donors (Lipinski definition) is 2. The second-order valence-corrected chi connectivity index (χ2v) is 6.95. The van der Waals surface area contributed by atoms with Gasteiger partial charge in [-0.1, -0.05) is 19.1 Å². The van der Waals surface area contributed by atoms with Gasteiger partial charge in [0.05, 0.1) is 16.2 Å². The lowest BCUT2D eigenvalue weighted by atomic mass is 10.1. The van der Waals surface area contributed by atoms with E-state index in [1.165, 1.54) is 19.1 Å². The van der Waals surface area contributed by atoms with Crippen LogP contribution in [-0.4, -0.2) is 37.2 Å². The molecule has 1 atom stereocenters. The topological polar surface area (TPSA) is 101 Å². The van der Waals surface area contributed by atoms with Crippen molar-refractivity contribution in [1.29, 1.82) is 0 Å². The zero-order chi connectivity index (χ0) is 16.0. The van der Waals surface area contributed by atoms with Crippen LogP contribution in [0.25, 0.3) is 0 Å². The van der Waals surface area contributed by atoms with E-state index in [9.17, 15) is 18.0 Å². The summed E-state index contributed by atoms with van der Waals surface area (Å²) in [6.07, 6.45) is 0.222. The largest absolute Gasteiger partial charge is 0.481 e. The van der Waals surface area contributed by atoms with E-state index in [1.54, 1.807) is 19.1 Å². The maximum Gasteiger partial charge on any atom is 0.303 e. The Kier molecular flexibility index (Phi) is 5.90. The third-order valence-corrected chi connectivity index (χ3v) is 4.80. The van der Waals surface area contributed by atoms with Crippen LogP contribution in [-0.2, 0) is 14.6 Å². The molecule has 1 aromatic carbocycles. The average molecular weight is 313 g/mol. The number of aliphatic carboxylic acids is 1. The van der Waals surface area contributed by atoms with Gasteiger partial charge in [-0.05, 0) is 25.5 Å². The highest BCUT2D eigenvalue weighted by atomic mass is 32.2. The summed E-state index contributed by atoms with van der Waals surface area (Å²) >= 11 is 0. The number of hydrogen-bond acceptors (Lipinski definition) is 4. The Hall–Kier alpha value is -1.89. The summed E-state index contributed by atoms with van der Waals surface area (Å²) in [6.45, 7) is 3.19. The summed E-state index contributed by atoms with van der Waals surface area (Å²) < 4.78 is 23.9. The summed E-state index contributed by atoms with van der Waals surface area (Å²) in [4.78, 5) is 22.6. The molecule has 116 valence electrons. The lowest BCUT2D eigenvalue weighted by Gasteiger charge is -2.14. The molecule has 0 bridgehead atoms. The molecule has 0 saturated carbocycles. The zero-order valence-electron chi connectivity index (χ0n) is 12.0. The van der Waals surface area contributed by atoms with E-state index in [1.807, 2.05) is 0 Å². The molecular formula is C14H19NO5S. The second kappa shape index (κ2) is 7.21. The highest BCUT2D eigenvalue weighted by molar-refractivity contribution is 7.91. The van der Waals surface area contributed by atoms with Crippen molar-refractivity contribution in [3.8, 4) is 0 Å². The fourth-order valence-electron chi connectivity index (χ4n) is 1.79. The molecule has 0 radical (unpaired) electrons. The van der Waals surface area contributed by atoms with Crippen LogP contribution in [0.5, 0.6) is 0 Å².